The molecule has 0 saturated carbocycles. The molecule has 0 atom stereocenters. The largest absolute Gasteiger partial charge is 0.454 e. The van der Waals surface area contributed by atoms with Crippen molar-refractivity contribution in [1.82, 2.24) is 30.6 Å². The molecule has 0 aliphatic carbocycles. The minimum atomic E-state index is -4.39. The van der Waals surface area contributed by atoms with E-state index in [1.165, 1.54) is 60.3 Å². The number of carbonyl (C=O) groups excluding carboxylic acids is 3. The van der Waals surface area contributed by atoms with Crippen molar-refractivity contribution in [3.8, 4) is 23.0 Å². The van der Waals surface area contributed by atoms with Gasteiger partial charge in [0.25, 0.3) is 0 Å². The van der Waals surface area contributed by atoms with Crippen molar-refractivity contribution in [2.24, 2.45) is 0 Å². The Morgan fingerprint density at radius 3 is 1.14 bits per heavy atom. The molecular formula is C66H54Cl2F6N6O7. The van der Waals surface area contributed by atoms with Gasteiger partial charge < -0.3 is 18.9 Å². The Hall–Kier alpha value is -10.2. The van der Waals surface area contributed by atoms with Crippen molar-refractivity contribution in [2.45, 2.75) is 26.2 Å². The number of para-hydroxylation sites is 2. The number of fused-ring (bicyclic) bond motifs is 2. The molecule has 9 aromatic rings. The summed E-state index contributed by atoms with van der Waals surface area (Å²) < 4.78 is 96.2. The van der Waals surface area contributed by atoms with E-state index in [4.69, 9.17) is 42.1 Å². The zero-order valence-electron chi connectivity index (χ0n) is 46.3. The van der Waals surface area contributed by atoms with Gasteiger partial charge in [0.1, 0.15) is 18.9 Å². The van der Waals surface area contributed by atoms with E-state index in [2.05, 4.69) is 30.6 Å². The number of aryl methyl sites for hydroxylation is 2. The lowest BCUT2D eigenvalue weighted by Gasteiger charge is -2.09. The lowest BCUT2D eigenvalue weighted by molar-refractivity contribution is -0.138. The first-order valence-corrected chi connectivity index (χ1v) is 26.7. The quantitative estimate of drug-likeness (QED) is 0.0607. The molecule has 5 heterocycles. The van der Waals surface area contributed by atoms with Gasteiger partial charge in [0, 0.05) is 39.8 Å². The van der Waals surface area contributed by atoms with Crippen LogP contribution in [0.1, 0.15) is 72.7 Å². The SMILES string of the molecule is C(=C\c1cccc2c1OCO2)/c1ccn[nH]1.Cc1ccc(/C=C/C=O)c(Cl)c1.Cc1ccc(/C=C/c2ccn[nH]2)c(Cl)c1.FC(F)(F)c1ccccc1/C=C/c1ccn[nH]1.O=C/C=C/c1cccc2c1OCO2.O=C/C=C/c1ccccc1C(F)(F)F. The van der Waals surface area contributed by atoms with E-state index in [1.54, 1.807) is 42.8 Å². The van der Waals surface area contributed by atoms with Crippen LogP contribution in [0.5, 0.6) is 23.0 Å². The summed E-state index contributed by atoms with van der Waals surface area (Å²) in [6.07, 6.45) is 17.4. The van der Waals surface area contributed by atoms with E-state index in [0.29, 0.717) is 29.5 Å². The monoisotopic (exact) mass is 1230 g/mol. The highest BCUT2D eigenvalue weighted by Gasteiger charge is 2.33. The second kappa shape index (κ2) is 33.9. The number of alkyl halides is 6. The number of aromatic amines is 3. The summed E-state index contributed by atoms with van der Waals surface area (Å²) in [5, 5.41) is 21.3. The minimum absolute atomic E-state index is 0.00731. The van der Waals surface area contributed by atoms with Gasteiger partial charge in [-0.05, 0) is 150 Å². The number of ether oxygens (including phenoxy) is 4. The predicted molar refractivity (Wildman–Crippen MR) is 328 cm³/mol. The molecule has 0 radical (unpaired) electrons. The lowest BCUT2D eigenvalue weighted by Crippen LogP contribution is -2.06. The van der Waals surface area contributed by atoms with E-state index in [-0.39, 0.29) is 17.9 Å². The van der Waals surface area contributed by atoms with Gasteiger partial charge in [-0.2, -0.15) is 41.6 Å². The van der Waals surface area contributed by atoms with Crippen molar-refractivity contribution in [3.63, 3.8) is 0 Å². The highest BCUT2D eigenvalue weighted by molar-refractivity contribution is 6.32. The average molecular weight is 1230 g/mol. The first kappa shape index (κ1) is 65.9. The zero-order chi connectivity index (χ0) is 62.4. The molecule has 11 rings (SSSR count). The number of hydrogen-bond acceptors (Lipinski definition) is 10. The summed E-state index contributed by atoms with van der Waals surface area (Å²) >= 11 is 12.0. The Balaban J connectivity index is 0.000000167. The lowest BCUT2D eigenvalue weighted by atomic mass is 10.1. The van der Waals surface area contributed by atoms with Crippen LogP contribution in [0.15, 0.2) is 176 Å². The molecule has 0 fully saturated rings. The van der Waals surface area contributed by atoms with Crippen molar-refractivity contribution in [3.05, 3.63) is 259 Å². The Bertz CT molecular complexity index is 3820. The van der Waals surface area contributed by atoms with Crippen molar-refractivity contribution < 1.29 is 59.7 Å². The molecule has 0 unspecified atom stereocenters. The molecule has 0 saturated heterocycles. The maximum atomic E-state index is 12.7. The third-order valence-corrected chi connectivity index (χ3v) is 12.3. The van der Waals surface area contributed by atoms with Crippen LogP contribution in [-0.4, -0.2) is 63.0 Å². The fraction of sp³-hybridized carbons (Fsp3) is 0.0909. The van der Waals surface area contributed by atoms with Crippen LogP contribution < -0.4 is 18.9 Å². The number of aldehydes is 3. The molecule has 87 heavy (non-hydrogen) atoms. The molecule has 13 nitrogen and oxygen atoms in total. The number of halogens is 8. The number of nitrogens with one attached hydrogen (secondary N) is 3. The van der Waals surface area contributed by atoms with Crippen LogP contribution >= 0.6 is 23.2 Å². The van der Waals surface area contributed by atoms with Crippen molar-refractivity contribution in [1.29, 1.82) is 0 Å². The normalized spacial score (nSPS) is 12.2. The Kier molecular flexibility index (Phi) is 25.7. The molecule has 446 valence electrons. The highest BCUT2D eigenvalue weighted by atomic mass is 35.5. The van der Waals surface area contributed by atoms with Gasteiger partial charge in [0.15, 0.2) is 23.0 Å². The first-order chi connectivity index (χ1) is 42.0. The molecule has 3 N–H and O–H groups in total. The van der Waals surface area contributed by atoms with Gasteiger partial charge >= 0.3 is 12.4 Å². The standard InChI is InChI=1S/C12H11ClN2.C12H9F3N2.C12H10N2O2.C10H9ClO.C10H7F3O.C10H8O3/c1-9-2-3-10(12(13)8-9)4-5-11-6-7-14-15-11;13-12(14,15)11-4-2-1-3-9(11)5-6-10-7-8-16-17-10;1-2-9(4-5-10-6-7-13-14-10)12-11(3-1)15-8-16-12;1-8-4-5-9(3-2-6-12)10(11)7-8;11-10(12,13)9-6-2-1-4-8(9)5-3-7-14;11-6-2-4-8-3-1-5-9-10(8)13-7-12-9/h2-8H,1H3,(H,14,15);1-8H,(H,16,17);1-7H,8H2,(H,13,14);2-7H,1H3;1-7H;1-6H,7H2/b5-4+;6-5+;5-4+;3-2+;5-3+;4-2+. The van der Waals surface area contributed by atoms with E-state index >= 15 is 0 Å². The molecule has 0 amide bonds. The van der Waals surface area contributed by atoms with Crippen LogP contribution in [0.2, 0.25) is 10.0 Å². The Morgan fingerprint density at radius 2 is 0.747 bits per heavy atom. The zero-order valence-corrected chi connectivity index (χ0v) is 47.8. The Morgan fingerprint density at radius 1 is 0.402 bits per heavy atom. The van der Waals surface area contributed by atoms with E-state index < -0.39 is 23.5 Å². The van der Waals surface area contributed by atoms with Gasteiger partial charge in [0.05, 0.1) is 28.2 Å². The van der Waals surface area contributed by atoms with Gasteiger partial charge in [-0.3, -0.25) is 29.7 Å². The van der Waals surface area contributed by atoms with Crippen LogP contribution in [0.4, 0.5) is 26.3 Å². The van der Waals surface area contributed by atoms with Gasteiger partial charge in [0.2, 0.25) is 13.6 Å². The maximum absolute atomic E-state index is 12.7. The summed E-state index contributed by atoms with van der Waals surface area (Å²) in [4.78, 5) is 30.1. The second-order valence-corrected chi connectivity index (χ2v) is 18.7. The van der Waals surface area contributed by atoms with Crippen LogP contribution in [-0.2, 0) is 26.7 Å². The number of aromatic nitrogens is 6. The third kappa shape index (κ3) is 21.7. The molecule has 6 aromatic carbocycles. The molecule has 2 aliphatic rings. The summed E-state index contributed by atoms with van der Waals surface area (Å²) in [6.45, 7) is 4.54. The topological polar surface area (TPSA) is 174 Å². The molecule has 0 bridgehead atoms. The van der Waals surface area contributed by atoms with Crippen LogP contribution in [0.25, 0.3) is 54.7 Å². The van der Waals surface area contributed by atoms with Crippen molar-refractivity contribution in [2.75, 3.05) is 13.6 Å². The van der Waals surface area contributed by atoms with Gasteiger partial charge in [-0.15, -0.1) is 0 Å². The van der Waals surface area contributed by atoms with Crippen molar-refractivity contribution >= 4 is 96.7 Å². The third-order valence-electron chi connectivity index (χ3n) is 11.7. The smallest absolute Gasteiger partial charge is 0.416 e. The summed E-state index contributed by atoms with van der Waals surface area (Å²) in [7, 11) is 0. The number of benzene rings is 6. The summed E-state index contributed by atoms with van der Waals surface area (Å²) in [6, 6.07) is 39.1. The highest BCUT2D eigenvalue weighted by Crippen LogP contribution is 2.38. The fourth-order valence-electron chi connectivity index (χ4n) is 7.55. The Labute approximate surface area is 506 Å². The maximum Gasteiger partial charge on any atom is 0.416 e. The molecule has 21 heteroatoms. The van der Waals surface area contributed by atoms with Crippen LogP contribution in [0.3, 0.4) is 0 Å². The number of hydrogen-bond donors (Lipinski definition) is 3. The van der Waals surface area contributed by atoms with E-state index in [1.807, 2.05) is 123 Å². The number of H-pyrrole nitrogens is 3. The number of nitrogens with zero attached hydrogens (tertiary/aromatic N) is 3. The second-order valence-electron chi connectivity index (χ2n) is 17.9. The number of carbonyl (C=O) groups is 3. The first-order valence-electron chi connectivity index (χ1n) is 26.0. The molecule has 2 aliphatic heterocycles. The van der Waals surface area contributed by atoms with E-state index in [0.717, 1.165) is 98.3 Å². The van der Waals surface area contributed by atoms with Crippen LogP contribution in [0, 0.1) is 13.8 Å². The number of rotatable bonds is 12. The number of allylic oxidation sites excluding steroid dienone is 3. The summed E-state index contributed by atoms with van der Waals surface area (Å²) in [5.74, 6) is 3.04. The molecule has 3 aromatic heterocycles. The van der Waals surface area contributed by atoms with Gasteiger partial charge in [-0.1, -0.05) is 132 Å². The van der Waals surface area contributed by atoms with Gasteiger partial charge in [-0.25, -0.2) is 0 Å². The fourth-order valence-corrected chi connectivity index (χ4v) is 8.15. The molecule has 0 spiro atoms. The summed E-state index contributed by atoms with van der Waals surface area (Å²) in [5.41, 5.74) is 7.35. The predicted octanol–water partition coefficient (Wildman–Crippen LogP) is 16.9. The molecular weight excluding hydrogens is 1170 g/mol. The van der Waals surface area contributed by atoms with E-state index in [9.17, 15) is 40.7 Å². The minimum Gasteiger partial charge on any atom is -0.454 e. The average Bonchev–Trinajstić information content (AvgIpc) is 4.60.